The van der Waals surface area contributed by atoms with Gasteiger partial charge in [-0.25, -0.2) is 4.99 Å². The summed E-state index contributed by atoms with van der Waals surface area (Å²) in [4.78, 5) is 27.0. The number of carbonyl (C=O) groups is 1. The Morgan fingerprint density at radius 1 is 1.17 bits per heavy atom. The van der Waals surface area contributed by atoms with Gasteiger partial charge < -0.3 is 5.32 Å². The molecule has 0 unspecified atom stereocenters. The van der Waals surface area contributed by atoms with Gasteiger partial charge in [-0.2, -0.15) is 0 Å². The molecule has 0 radical (unpaired) electrons. The van der Waals surface area contributed by atoms with Crippen LogP contribution in [0.2, 0.25) is 5.02 Å². The van der Waals surface area contributed by atoms with E-state index in [1.807, 2.05) is 0 Å². The first kappa shape index (κ1) is 16.2. The van der Waals surface area contributed by atoms with Crippen LogP contribution in [-0.4, -0.2) is 16.0 Å². The van der Waals surface area contributed by atoms with Crippen LogP contribution in [0.3, 0.4) is 0 Å². The number of carbonyl (C=O) groups excluding carboxylic acids is 1. The third kappa shape index (κ3) is 3.64. The van der Waals surface area contributed by atoms with Crippen LogP contribution in [0, 0.1) is 10.1 Å². The SMILES string of the molecule is O=C1NC(=Nc2ccccc2Cl)S/C1=C\c1ccc([N+](=O)[O-])cc1. The van der Waals surface area contributed by atoms with E-state index in [-0.39, 0.29) is 11.6 Å². The van der Waals surface area contributed by atoms with Crippen LogP contribution in [0.25, 0.3) is 6.08 Å². The molecule has 0 aliphatic carbocycles. The van der Waals surface area contributed by atoms with E-state index in [0.717, 1.165) is 0 Å². The van der Waals surface area contributed by atoms with Gasteiger partial charge in [0, 0.05) is 12.1 Å². The number of non-ortho nitro benzene ring substituents is 1. The normalized spacial score (nSPS) is 17.3. The van der Waals surface area contributed by atoms with Crippen molar-refractivity contribution in [2.45, 2.75) is 0 Å². The molecule has 1 N–H and O–H groups in total. The molecule has 6 nitrogen and oxygen atoms in total. The first-order valence-electron chi connectivity index (χ1n) is 6.81. The average molecular weight is 360 g/mol. The zero-order valence-corrected chi connectivity index (χ0v) is 13.7. The van der Waals surface area contributed by atoms with Crippen molar-refractivity contribution in [2.24, 2.45) is 4.99 Å². The molecule has 2 aromatic rings. The predicted molar refractivity (Wildman–Crippen MR) is 95.4 cm³/mol. The molecule has 1 heterocycles. The van der Waals surface area contributed by atoms with Crippen molar-refractivity contribution in [3.05, 3.63) is 74.1 Å². The monoisotopic (exact) mass is 359 g/mol. The van der Waals surface area contributed by atoms with Gasteiger partial charge in [-0.1, -0.05) is 23.7 Å². The third-order valence-electron chi connectivity index (χ3n) is 3.13. The van der Waals surface area contributed by atoms with Crippen molar-refractivity contribution in [1.82, 2.24) is 5.32 Å². The quantitative estimate of drug-likeness (QED) is 0.507. The fraction of sp³-hybridized carbons (Fsp3) is 0. The number of aliphatic imine (C=N–C) groups is 1. The van der Waals surface area contributed by atoms with Crippen molar-refractivity contribution in [2.75, 3.05) is 0 Å². The van der Waals surface area contributed by atoms with Gasteiger partial charge in [0.1, 0.15) is 0 Å². The van der Waals surface area contributed by atoms with E-state index in [9.17, 15) is 14.9 Å². The van der Waals surface area contributed by atoms with Gasteiger partial charge in [0.15, 0.2) is 5.17 Å². The Balaban J connectivity index is 1.82. The number of thioether (sulfide) groups is 1. The van der Waals surface area contributed by atoms with Gasteiger partial charge in [0.25, 0.3) is 11.6 Å². The number of nitro benzene ring substituents is 1. The van der Waals surface area contributed by atoms with E-state index in [0.29, 0.717) is 26.3 Å². The predicted octanol–water partition coefficient (Wildman–Crippen LogP) is 4.14. The smallest absolute Gasteiger partial charge is 0.269 e. The lowest BCUT2D eigenvalue weighted by molar-refractivity contribution is -0.384. The van der Waals surface area contributed by atoms with Gasteiger partial charge in [0.2, 0.25) is 0 Å². The molecule has 0 atom stereocenters. The maximum absolute atomic E-state index is 12.0. The van der Waals surface area contributed by atoms with E-state index >= 15 is 0 Å². The van der Waals surface area contributed by atoms with Crippen molar-refractivity contribution in [3.63, 3.8) is 0 Å². The van der Waals surface area contributed by atoms with Crippen LogP contribution in [-0.2, 0) is 4.79 Å². The number of hydrogen-bond acceptors (Lipinski definition) is 5. The van der Waals surface area contributed by atoms with E-state index < -0.39 is 4.92 Å². The summed E-state index contributed by atoms with van der Waals surface area (Å²) in [5, 5.41) is 14.2. The second-order valence-electron chi connectivity index (χ2n) is 4.78. The molecule has 2 aromatic carbocycles. The Morgan fingerprint density at radius 3 is 2.54 bits per heavy atom. The standard InChI is InChI=1S/C16H10ClN3O3S/c17-12-3-1-2-4-13(12)18-16-19-15(21)14(24-16)9-10-5-7-11(8-6-10)20(22)23/h1-9H,(H,18,19,21)/b14-9-. The summed E-state index contributed by atoms with van der Waals surface area (Å²) in [6, 6.07) is 13.0. The van der Waals surface area contributed by atoms with Crippen LogP contribution >= 0.6 is 23.4 Å². The summed E-state index contributed by atoms with van der Waals surface area (Å²) >= 11 is 7.23. The van der Waals surface area contributed by atoms with Crippen molar-refractivity contribution < 1.29 is 9.72 Å². The Morgan fingerprint density at radius 2 is 1.88 bits per heavy atom. The van der Waals surface area contributed by atoms with Crippen LogP contribution < -0.4 is 5.32 Å². The van der Waals surface area contributed by atoms with E-state index in [1.165, 1.54) is 23.9 Å². The summed E-state index contributed by atoms with van der Waals surface area (Å²) < 4.78 is 0. The molecule has 1 amide bonds. The number of benzene rings is 2. The molecular weight excluding hydrogens is 350 g/mol. The number of amidine groups is 1. The first-order chi connectivity index (χ1) is 11.5. The summed E-state index contributed by atoms with van der Waals surface area (Å²) in [5.41, 5.74) is 1.26. The van der Waals surface area contributed by atoms with Gasteiger partial charge in [0.05, 0.1) is 20.5 Å². The lowest BCUT2D eigenvalue weighted by atomic mass is 10.2. The lowest BCUT2D eigenvalue weighted by Gasteiger charge is -1.98. The summed E-state index contributed by atoms with van der Waals surface area (Å²) in [6.07, 6.45) is 1.65. The van der Waals surface area contributed by atoms with Crippen molar-refractivity contribution >= 4 is 51.9 Å². The number of rotatable bonds is 3. The van der Waals surface area contributed by atoms with E-state index in [1.54, 1.807) is 42.5 Å². The molecule has 3 rings (SSSR count). The van der Waals surface area contributed by atoms with Gasteiger partial charge in [-0.05, 0) is 47.7 Å². The number of hydrogen-bond donors (Lipinski definition) is 1. The van der Waals surface area contributed by atoms with E-state index in [4.69, 9.17) is 11.6 Å². The molecule has 120 valence electrons. The fourth-order valence-electron chi connectivity index (χ4n) is 1.98. The van der Waals surface area contributed by atoms with Crippen LogP contribution in [0.15, 0.2) is 58.4 Å². The number of nitrogens with one attached hydrogen (secondary N) is 1. The molecule has 8 heteroatoms. The number of nitrogens with zero attached hydrogens (tertiary/aromatic N) is 2. The zero-order valence-electron chi connectivity index (χ0n) is 12.1. The Hall–Kier alpha value is -2.64. The van der Waals surface area contributed by atoms with Crippen molar-refractivity contribution in [3.8, 4) is 0 Å². The lowest BCUT2D eigenvalue weighted by Crippen LogP contribution is -2.19. The Bertz CT molecular complexity index is 878. The van der Waals surface area contributed by atoms with Gasteiger partial charge >= 0.3 is 0 Å². The molecule has 24 heavy (non-hydrogen) atoms. The minimum atomic E-state index is -0.470. The Labute approximate surface area is 146 Å². The highest BCUT2D eigenvalue weighted by atomic mass is 35.5. The number of para-hydroxylation sites is 1. The van der Waals surface area contributed by atoms with Crippen LogP contribution in [0.1, 0.15) is 5.56 Å². The molecule has 0 saturated carbocycles. The highest BCUT2D eigenvalue weighted by molar-refractivity contribution is 8.18. The van der Waals surface area contributed by atoms with Gasteiger partial charge in [-0.3, -0.25) is 14.9 Å². The average Bonchev–Trinajstić information content (AvgIpc) is 2.90. The molecule has 0 spiro atoms. The molecular formula is C16H10ClN3O3S. The van der Waals surface area contributed by atoms with Crippen molar-refractivity contribution in [1.29, 1.82) is 0 Å². The summed E-state index contributed by atoms with van der Waals surface area (Å²) in [6.45, 7) is 0. The second-order valence-corrected chi connectivity index (χ2v) is 6.22. The molecule has 1 aliphatic heterocycles. The number of amides is 1. The topological polar surface area (TPSA) is 84.6 Å². The van der Waals surface area contributed by atoms with E-state index in [2.05, 4.69) is 10.3 Å². The molecule has 1 fully saturated rings. The molecule has 0 bridgehead atoms. The first-order valence-corrected chi connectivity index (χ1v) is 8.01. The van der Waals surface area contributed by atoms with Crippen LogP contribution in [0.5, 0.6) is 0 Å². The third-order valence-corrected chi connectivity index (χ3v) is 4.36. The zero-order chi connectivity index (χ0) is 17.1. The molecule has 1 saturated heterocycles. The number of nitro groups is 1. The fourth-order valence-corrected chi connectivity index (χ4v) is 2.99. The summed E-state index contributed by atoms with van der Waals surface area (Å²) in [5.74, 6) is -0.274. The largest absolute Gasteiger partial charge is 0.300 e. The molecule has 0 aromatic heterocycles. The Kier molecular flexibility index (Phi) is 4.64. The van der Waals surface area contributed by atoms with Crippen LogP contribution in [0.4, 0.5) is 11.4 Å². The minimum absolute atomic E-state index is 0.00153. The molecule has 1 aliphatic rings. The highest BCUT2D eigenvalue weighted by Crippen LogP contribution is 2.30. The maximum atomic E-state index is 12.0. The van der Waals surface area contributed by atoms with Gasteiger partial charge in [-0.15, -0.1) is 0 Å². The summed E-state index contributed by atoms with van der Waals surface area (Å²) in [7, 11) is 0. The highest BCUT2D eigenvalue weighted by Gasteiger charge is 2.24. The maximum Gasteiger partial charge on any atom is 0.269 e. The number of halogens is 1. The second kappa shape index (κ2) is 6.86. The minimum Gasteiger partial charge on any atom is -0.300 e.